The molecule has 0 spiro atoms. The van der Waals surface area contributed by atoms with Gasteiger partial charge in [0.1, 0.15) is 9.84 Å². The van der Waals surface area contributed by atoms with Crippen LogP contribution in [0.25, 0.3) is 0 Å². The van der Waals surface area contributed by atoms with Gasteiger partial charge in [0, 0.05) is 18.6 Å². The van der Waals surface area contributed by atoms with Crippen molar-refractivity contribution in [3.05, 3.63) is 35.4 Å². The Morgan fingerprint density at radius 3 is 2.00 bits per heavy atom. The molecule has 6 heteroatoms. The second kappa shape index (κ2) is 5.13. The number of hydrogen-bond acceptors (Lipinski definition) is 4. The first-order valence-corrected chi connectivity index (χ1v) is 8.09. The normalized spacial score (nSPS) is 14.9. The Balaban J connectivity index is 1.97. The van der Waals surface area contributed by atoms with Crippen molar-refractivity contribution in [2.24, 2.45) is 0 Å². The van der Waals surface area contributed by atoms with Crippen molar-refractivity contribution in [2.75, 3.05) is 18.6 Å². The van der Waals surface area contributed by atoms with Crippen molar-refractivity contribution in [1.29, 1.82) is 0 Å². The summed E-state index contributed by atoms with van der Waals surface area (Å²) in [5.74, 6) is -0.504. The molecule has 1 heterocycles. The van der Waals surface area contributed by atoms with Crippen LogP contribution in [0.4, 0.5) is 0 Å². The van der Waals surface area contributed by atoms with E-state index >= 15 is 0 Å². The lowest BCUT2D eigenvalue weighted by atomic mass is 10.1. The topological polar surface area (TPSA) is 71.5 Å². The van der Waals surface area contributed by atoms with Crippen LogP contribution in [0.5, 0.6) is 0 Å². The van der Waals surface area contributed by atoms with Gasteiger partial charge >= 0.3 is 0 Å². The van der Waals surface area contributed by atoms with Crippen LogP contribution in [0, 0.1) is 0 Å². The molecule has 1 aromatic carbocycles. The highest BCUT2D eigenvalue weighted by atomic mass is 32.2. The number of rotatable bonds is 5. The summed E-state index contributed by atoms with van der Waals surface area (Å²) in [7, 11) is -2.99. The minimum absolute atomic E-state index is 0.0795. The molecule has 0 atom stereocenters. The molecule has 0 fully saturated rings. The van der Waals surface area contributed by atoms with Crippen LogP contribution in [0.3, 0.4) is 0 Å². The van der Waals surface area contributed by atoms with Crippen LogP contribution in [0.1, 0.15) is 33.6 Å². The number of unbranched alkanes of at least 4 members (excludes halogenated alkanes) is 1. The van der Waals surface area contributed by atoms with Gasteiger partial charge in [-0.1, -0.05) is 12.1 Å². The molecule has 0 aromatic heterocycles. The largest absolute Gasteiger partial charge is 0.274 e. The lowest BCUT2D eigenvalue weighted by Gasteiger charge is -2.13. The highest BCUT2D eigenvalue weighted by Gasteiger charge is 2.34. The summed E-state index contributed by atoms with van der Waals surface area (Å²) in [6, 6.07) is 6.70. The summed E-state index contributed by atoms with van der Waals surface area (Å²) in [6.45, 7) is 0.266. The number of benzene rings is 1. The van der Waals surface area contributed by atoms with E-state index in [1.165, 1.54) is 11.2 Å². The van der Waals surface area contributed by atoms with Crippen molar-refractivity contribution in [1.82, 2.24) is 4.90 Å². The fraction of sp³-hybridized carbons (Fsp3) is 0.385. The van der Waals surface area contributed by atoms with E-state index in [-0.39, 0.29) is 24.1 Å². The minimum atomic E-state index is -2.99. The SMILES string of the molecule is CS(=O)(=O)CCCCN1C(=O)c2ccccc2C1=O. The summed E-state index contributed by atoms with van der Waals surface area (Å²) in [5, 5.41) is 0. The molecule has 102 valence electrons. The molecular formula is C13H15NO4S. The Kier molecular flexibility index (Phi) is 3.71. The Morgan fingerprint density at radius 2 is 1.53 bits per heavy atom. The average Bonchev–Trinajstić information content (AvgIpc) is 2.58. The zero-order valence-corrected chi connectivity index (χ0v) is 11.4. The van der Waals surface area contributed by atoms with Crippen molar-refractivity contribution in [2.45, 2.75) is 12.8 Å². The Morgan fingerprint density at radius 1 is 1.00 bits per heavy atom. The maximum absolute atomic E-state index is 12.0. The molecular weight excluding hydrogens is 266 g/mol. The fourth-order valence-electron chi connectivity index (χ4n) is 2.08. The van der Waals surface area contributed by atoms with Gasteiger partial charge in [-0.15, -0.1) is 0 Å². The Bertz CT molecular complexity index is 586. The molecule has 0 bridgehead atoms. The number of fused-ring (bicyclic) bond motifs is 1. The number of imide groups is 1. The molecule has 2 rings (SSSR count). The molecule has 5 nitrogen and oxygen atoms in total. The van der Waals surface area contributed by atoms with Crippen molar-refractivity contribution < 1.29 is 18.0 Å². The molecule has 19 heavy (non-hydrogen) atoms. The Hall–Kier alpha value is -1.69. The summed E-state index contributed by atoms with van der Waals surface area (Å²) < 4.78 is 22.0. The van der Waals surface area contributed by atoms with Gasteiger partial charge in [0.15, 0.2) is 0 Å². The van der Waals surface area contributed by atoms with Crippen LogP contribution in [0.2, 0.25) is 0 Å². The first kappa shape index (κ1) is 13.7. The van der Waals surface area contributed by atoms with Crippen LogP contribution in [-0.2, 0) is 9.84 Å². The number of nitrogens with zero attached hydrogens (tertiary/aromatic N) is 1. The van der Waals surface area contributed by atoms with E-state index in [0.717, 1.165) is 0 Å². The van der Waals surface area contributed by atoms with Gasteiger partial charge < -0.3 is 0 Å². The number of sulfone groups is 1. The van der Waals surface area contributed by atoms with Gasteiger partial charge in [0.05, 0.1) is 11.1 Å². The van der Waals surface area contributed by atoms with Crippen LogP contribution < -0.4 is 0 Å². The molecule has 2 amide bonds. The quantitative estimate of drug-likeness (QED) is 0.598. The molecule has 1 aliphatic heterocycles. The summed E-state index contributed by atoms with van der Waals surface area (Å²) in [6.07, 6.45) is 2.12. The number of amides is 2. The zero-order valence-electron chi connectivity index (χ0n) is 10.6. The first-order valence-electron chi connectivity index (χ1n) is 6.03. The summed E-state index contributed by atoms with van der Waals surface area (Å²) >= 11 is 0. The highest BCUT2D eigenvalue weighted by molar-refractivity contribution is 7.90. The maximum Gasteiger partial charge on any atom is 0.261 e. The van der Waals surface area contributed by atoms with Gasteiger partial charge in [0.2, 0.25) is 0 Å². The monoisotopic (exact) mass is 281 g/mol. The van der Waals surface area contributed by atoms with E-state index < -0.39 is 9.84 Å². The summed E-state index contributed by atoms with van der Waals surface area (Å²) in [5.41, 5.74) is 0.853. The Labute approximate surface area is 112 Å². The highest BCUT2D eigenvalue weighted by Crippen LogP contribution is 2.22. The van der Waals surface area contributed by atoms with Crippen LogP contribution in [0.15, 0.2) is 24.3 Å². The van der Waals surface area contributed by atoms with Crippen molar-refractivity contribution in [3.8, 4) is 0 Å². The number of hydrogen-bond donors (Lipinski definition) is 0. The van der Waals surface area contributed by atoms with E-state index in [0.29, 0.717) is 24.0 Å². The van der Waals surface area contributed by atoms with Crippen molar-refractivity contribution >= 4 is 21.7 Å². The van der Waals surface area contributed by atoms with Gasteiger partial charge in [-0.25, -0.2) is 8.42 Å². The van der Waals surface area contributed by atoms with Crippen LogP contribution in [-0.4, -0.2) is 43.7 Å². The lowest BCUT2D eigenvalue weighted by molar-refractivity contribution is 0.0652. The van der Waals surface area contributed by atoms with E-state index in [2.05, 4.69) is 0 Å². The predicted octanol–water partition coefficient (Wildman–Crippen LogP) is 1.11. The van der Waals surface area contributed by atoms with E-state index in [9.17, 15) is 18.0 Å². The van der Waals surface area contributed by atoms with E-state index in [4.69, 9.17) is 0 Å². The molecule has 0 N–H and O–H groups in total. The van der Waals surface area contributed by atoms with Gasteiger partial charge in [0.25, 0.3) is 11.8 Å². The average molecular weight is 281 g/mol. The first-order chi connectivity index (χ1) is 8.90. The molecule has 0 radical (unpaired) electrons. The molecule has 1 aliphatic rings. The molecule has 0 aliphatic carbocycles. The molecule has 0 unspecified atom stereocenters. The van der Waals surface area contributed by atoms with Gasteiger partial charge in [-0.05, 0) is 25.0 Å². The van der Waals surface area contributed by atoms with E-state index in [1.54, 1.807) is 24.3 Å². The third-order valence-corrected chi connectivity index (χ3v) is 4.06. The standard InChI is InChI=1S/C13H15NO4S/c1-19(17,18)9-5-4-8-14-12(15)10-6-2-3-7-11(10)13(14)16/h2-3,6-7H,4-5,8-9H2,1H3. The fourth-order valence-corrected chi connectivity index (χ4v) is 2.80. The van der Waals surface area contributed by atoms with E-state index in [1.807, 2.05) is 0 Å². The number of carbonyl (C=O) groups is 2. The minimum Gasteiger partial charge on any atom is -0.274 e. The van der Waals surface area contributed by atoms with Crippen molar-refractivity contribution in [3.63, 3.8) is 0 Å². The molecule has 0 saturated carbocycles. The maximum atomic E-state index is 12.0. The zero-order chi connectivity index (χ0) is 14.0. The molecule has 1 aromatic rings. The third kappa shape index (κ3) is 3.01. The summed E-state index contributed by atoms with van der Waals surface area (Å²) in [4.78, 5) is 25.2. The smallest absolute Gasteiger partial charge is 0.261 e. The number of carbonyl (C=O) groups excluding carboxylic acids is 2. The lowest BCUT2D eigenvalue weighted by Crippen LogP contribution is -2.30. The molecule has 0 saturated heterocycles. The second-order valence-corrected chi connectivity index (χ2v) is 6.90. The predicted molar refractivity (Wildman–Crippen MR) is 70.8 cm³/mol. The third-order valence-electron chi connectivity index (χ3n) is 3.03. The van der Waals surface area contributed by atoms with Crippen LogP contribution >= 0.6 is 0 Å². The van der Waals surface area contributed by atoms with Gasteiger partial charge in [-0.3, -0.25) is 14.5 Å². The van der Waals surface area contributed by atoms with Gasteiger partial charge in [-0.2, -0.15) is 0 Å². The second-order valence-electron chi connectivity index (χ2n) is 4.64.